The van der Waals surface area contributed by atoms with E-state index in [-0.39, 0.29) is 5.12 Å². The van der Waals surface area contributed by atoms with Crippen molar-refractivity contribution in [2.75, 3.05) is 85.4 Å². The van der Waals surface area contributed by atoms with Gasteiger partial charge in [0.15, 0.2) is 5.12 Å². The SMILES string of the molecule is CNCCOCCOCCOCCOCCOCCSC(C)=O. The van der Waals surface area contributed by atoms with E-state index in [9.17, 15) is 4.79 Å². The molecule has 0 heterocycles. The summed E-state index contributed by atoms with van der Waals surface area (Å²) in [5.41, 5.74) is 0. The second kappa shape index (κ2) is 19.8. The van der Waals surface area contributed by atoms with E-state index in [1.165, 1.54) is 11.8 Å². The predicted molar refractivity (Wildman–Crippen MR) is 91.2 cm³/mol. The van der Waals surface area contributed by atoms with Crippen molar-refractivity contribution in [3.05, 3.63) is 0 Å². The van der Waals surface area contributed by atoms with Crippen LogP contribution < -0.4 is 5.32 Å². The van der Waals surface area contributed by atoms with Crippen LogP contribution in [0.15, 0.2) is 0 Å². The summed E-state index contributed by atoms with van der Waals surface area (Å²) in [6, 6.07) is 0. The lowest BCUT2D eigenvalue weighted by Crippen LogP contribution is -2.17. The van der Waals surface area contributed by atoms with Crippen molar-refractivity contribution in [2.24, 2.45) is 0 Å². The maximum Gasteiger partial charge on any atom is 0.185 e. The minimum absolute atomic E-state index is 0.118. The summed E-state index contributed by atoms with van der Waals surface area (Å²) >= 11 is 1.27. The fourth-order valence-electron chi connectivity index (χ4n) is 1.40. The topological polar surface area (TPSA) is 75.2 Å². The molecule has 0 bridgehead atoms. The highest BCUT2D eigenvalue weighted by atomic mass is 32.2. The van der Waals surface area contributed by atoms with Crippen molar-refractivity contribution in [2.45, 2.75) is 6.92 Å². The Morgan fingerprint density at radius 3 is 1.52 bits per heavy atom. The van der Waals surface area contributed by atoms with Gasteiger partial charge < -0.3 is 29.0 Å². The van der Waals surface area contributed by atoms with Crippen molar-refractivity contribution in [3.63, 3.8) is 0 Å². The van der Waals surface area contributed by atoms with Gasteiger partial charge in [-0.3, -0.25) is 4.79 Å². The Morgan fingerprint density at radius 2 is 1.13 bits per heavy atom. The van der Waals surface area contributed by atoms with E-state index in [4.69, 9.17) is 23.7 Å². The number of likely N-dealkylation sites (N-methyl/N-ethyl adjacent to an activating group) is 1. The van der Waals surface area contributed by atoms with Gasteiger partial charge in [-0.1, -0.05) is 11.8 Å². The lowest BCUT2D eigenvalue weighted by Gasteiger charge is -2.07. The first-order valence-electron chi connectivity index (χ1n) is 7.94. The van der Waals surface area contributed by atoms with Gasteiger partial charge in [0, 0.05) is 19.2 Å². The summed E-state index contributed by atoms with van der Waals surface area (Å²) in [5, 5.41) is 3.12. The van der Waals surface area contributed by atoms with Crippen LogP contribution in [0.2, 0.25) is 0 Å². The molecule has 0 amide bonds. The molecule has 7 nitrogen and oxygen atoms in total. The van der Waals surface area contributed by atoms with E-state index in [1.54, 1.807) is 6.92 Å². The van der Waals surface area contributed by atoms with E-state index >= 15 is 0 Å². The number of ether oxygens (including phenoxy) is 5. The smallest absolute Gasteiger partial charge is 0.185 e. The Hall–Kier alpha value is -0.220. The van der Waals surface area contributed by atoms with Gasteiger partial charge in [-0.15, -0.1) is 0 Å². The molecule has 0 atom stereocenters. The predicted octanol–water partition coefficient (Wildman–Crippen LogP) is 0.569. The Kier molecular flexibility index (Phi) is 19.6. The van der Waals surface area contributed by atoms with Crippen molar-refractivity contribution in [1.82, 2.24) is 5.32 Å². The zero-order valence-corrected chi connectivity index (χ0v) is 15.2. The van der Waals surface area contributed by atoms with Crippen molar-refractivity contribution >= 4 is 16.9 Å². The molecular formula is C15H31NO6S. The fourth-order valence-corrected chi connectivity index (χ4v) is 1.89. The standard InChI is InChI=1S/C15H31NO6S/c1-15(17)23-14-13-22-12-11-21-10-9-20-8-7-19-6-5-18-4-3-16-2/h16H,3-14H2,1-2H3. The lowest BCUT2D eigenvalue weighted by atomic mass is 10.6. The second-order valence-corrected chi connectivity index (χ2v) is 5.78. The van der Waals surface area contributed by atoms with Gasteiger partial charge in [-0.05, 0) is 7.05 Å². The zero-order valence-electron chi connectivity index (χ0n) is 14.3. The van der Waals surface area contributed by atoms with Crippen LogP contribution in [-0.4, -0.2) is 90.5 Å². The molecule has 8 heteroatoms. The Balaban J connectivity index is 2.96. The third-order valence-electron chi connectivity index (χ3n) is 2.52. The molecule has 0 saturated carbocycles. The molecule has 1 N–H and O–H groups in total. The highest BCUT2D eigenvalue weighted by Crippen LogP contribution is 1.99. The molecule has 0 aliphatic heterocycles. The Bertz CT molecular complexity index is 258. The summed E-state index contributed by atoms with van der Waals surface area (Å²) < 4.78 is 26.7. The summed E-state index contributed by atoms with van der Waals surface area (Å²) in [6.07, 6.45) is 0. The lowest BCUT2D eigenvalue weighted by molar-refractivity contribution is -0.109. The van der Waals surface area contributed by atoms with E-state index in [0.717, 1.165) is 6.54 Å². The van der Waals surface area contributed by atoms with Gasteiger partial charge >= 0.3 is 0 Å². The number of carbonyl (C=O) groups excluding carboxylic acids is 1. The molecule has 0 aromatic rings. The molecule has 0 aliphatic carbocycles. The van der Waals surface area contributed by atoms with Crippen molar-refractivity contribution in [3.8, 4) is 0 Å². The summed E-state index contributed by atoms with van der Waals surface area (Å²) in [5.74, 6) is 0.693. The normalized spacial score (nSPS) is 11.0. The number of hydrogen-bond acceptors (Lipinski definition) is 8. The largest absolute Gasteiger partial charge is 0.378 e. The monoisotopic (exact) mass is 353 g/mol. The number of nitrogens with one attached hydrogen (secondary N) is 1. The fraction of sp³-hybridized carbons (Fsp3) is 0.933. The van der Waals surface area contributed by atoms with Crippen LogP contribution >= 0.6 is 11.8 Å². The number of hydrogen-bond donors (Lipinski definition) is 1. The molecule has 0 unspecified atom stereocenters. The van der Waals surface area contributed by atoms with Gasteiger partial charge in [0.05, 0.1) is 66.1 Å². The van der Waals surface area contributed by atoms with Crippen LogP contribution in [0.25, 0.3) is 0 Å². The minimum Gasteiger partial charge on any atom is -0.378 e. The molecule has 0 saturated heterocycles. The minimum atomic E-state index is 0.118. The maximum atomic E-state index is 10.7. The third-order valence-corrected chi connectivity index (χ3v) is 3.29. The molecule has 0 aliphatic rings. The van der Waals surface area contributed by atoms with Crippen molar-refractivity contribution < 1.29 is 28.5 Å². The molecule has 0 aromatic heterocycles. The van der Waals surface area contributed by atoms with Gasteiger partial charge in [0.25, 0.3) is 0 Å². The zero-order chi connectivity index (χ0) is 17.0. The maximum absolute atomic E-state index is 10.7. The van der Waals surface area contributed by atoms with Gasteiger partial charge in [0.1, 0.15) is 0 Å². The quantitative estimate of drug-likeness (QED) is 0.359. The van der Waals surface area contributed by atoms with Crippen LogP contribution in [0.1, 0.15) is 6.92 Å². The summed E-state index contributed by atoms with van der Waals surface area (Å²) in [6.45, 7) is 8.14. The highest BCUT2D eigenvalue weighted by Gasteiger charge is 1.95. The average Bonchev–Trinajstić information content (AvgIpc) is 2.53. The van der Waals surface area contributed by atoms with Gasteiger partial charge in [-0.2, -0.15) is 0 Å². The molecule has 0 fully saturated rings. The van der Waals surface area contributed by atoms with Crippen LogP contribution in [0.3, 0.4) is 0 Å². The van der Waals surface area contributed by atoms with Crippen LogP contribution in [0.5, 0.6) is 0 Å². The van der Waals surface area contributed by atoms with Crippen LogP contribution in [-0.2, 0) is 28.5 Å². The molecule has 138 valence electrons. The van der Waals surface area contributed by atoms with E-state index < -0.39 is 0 Å². The molecule has 23 heavy (non-hydrogen) atoms. The third kappa shape index (κ3) is 21.8. The Labute approximate surface area is 143 Å². The summed E-state index contributed by atoms with van der Waals surface area (Å²) in [4.78, 5) is 10.7. The van der Waals surface area contributed by atoms with Gasteiger partial charge in [0.2, 0.25) is 0 Å². The molecule has 0 spiro atoms. The van der Waals surface area contributed by atoms with E-state index in [1.807, 2.05) is 7.05 Å². The van der Waals surface area contributed by atoms with Crippen LogP contribution in [0.4, 0.5) is 0 Å². The van der Waals surface area contributed by atoms with E-state index in [0.29, 0.717) is 71.8 Å². The van der Waals surface area contributed by atoms with E-state index in [2.05, 4.69) is 5.32 Å². The summed E-state index contributed by atoms with van der Waals surface area (Å²) in [7, 11) is 1.89. The van der Waals surface area contributed by atoms with Crippen LogP contribution in [0, 0.1) is 0 Å². The molecule has 0 aromatic carbocycles. The molecular weight excluding hydrogens is 322 g/mol. The number of rotatable bonds is 18. The second-order valence-electron chi connectivity index (χ2n) is 4.51. The first-order valence-corrected chi connectivity index (χ1v) is 8.92. The average molecular weight is 353 g/mol. The van der Waals surface area contributed by atoms with Gasteiger partial charge in [-0.25, -0.2) is 0 Å². The molecule has 0 radical (unpaired) electrons. The first kappa shape index (κ1) is 22.8. The van der Waals surface area contributed by atoms with Crippen molar-refractivity contribution in [1.29, 1.82) is 0 Å². The number of carbonyl (C=O) groups is 1. The highest BCUT2D eigenvalue weighted by molar-refractivity contribution is 8.13. The Morgan fingerprint density at radius 1 is 0.739 bits per heavy atom. The number of thioether (sulfide) groups is 1. The molecule has 0 rings (SSSR count). The first-order chi connectivity index (χ1) is 11.3.